The van der Waals surface area contributed by atoms with Crippen LogP contribution in [-0.2, 0) is 12.8 Å². The molecule has 1 aromatic heterocycles. The molecule has 108 valence electrons. The van der Waals surface area contributed by atoms with Crippen LogP contribution in [0.2, 0.25) is 0 Å². The maximum absolute atomic E-state index is 5.80. The number of aromatic nitrogens is 1. The number of oxazole rings is 1. The molecule has 0 aliphatic carbocycles. The third-order valence-electron chi connectivity index (χ3n) is 3.79. The molecule has 1 N–H and O–H groups in total. The van der Waals surface area contributed by atoms with Crippen molar-refractivity contribution in [3.05, 3.63) is 66.1 Å². The number of aryl methyl sites for hydroxylation is 1. The first-order valence-electron chi connectivity index (χ1n) is 7.41. The Kier molecular flexibility index (Phi) is 4.31. The van der Waals surface area contributed by atoms with Crippen LogP contribution < -0.4 is 5.32 Å². The standard InChI is InChI=1S/C18H20N2O/c1-19-15(12-11-14-7-3-2-4-8-14)13-18-20-16-9-5-6-10-17(16)21-18/h2-10,15,19H,11-13H2,1H3. The van der Waals surface area contributed by atoms with Gasteiger partial charge in [0, 0.05) is 12.5 Å². The monoisotopic (exact) mass is 280 g/mol. The van der Waals surface area contributed by atoms with Crippen LogP contribution in [-0.4, -0.2) is 18.1 Å². The van der Waals surface area contributed by atoms with Crippen LogP contribution in [0.25, 0.3) is 11.1 Å². The van der Waals surface area contributed by atoms with Gasteiger partial charge in [-0.2, -0.15) is 0 Å². The summed E-state index contributed by atoms with van der Waals surface area (Å²) in [5, 5.41) is 3.37. The number of nitrogens with one attached hydrogen (secondary N) is 1. The summed E-state index contributed by atoms with van der Waals surface area (Å²) < 4.78 is 5.80. The van der Waals surface area contributed by atoms with Crippen molar-refractivity contribution >= 4 is 11.1 Å². The molecule has 3 heteroatoms. The molecule has 3 nitrogen and oxygen atoms in total. The number of rotatable bonds is 6. The quantitative estimate of drug-likeness (QED) is 0.750. The number of hydrogen-bond donors (Lipinski definition) is 1. The Labute approximate surface area is 125 Å². The van der Waals surface area contributed by atoms with Gasteiger partial charge in [0.1, 0.15) is 5.52 Å². The minimum atomic E-state index is 0.373. The summed E-state index contributed by atoms with van der Waals surface area (Å²) >= 11 is 0. The van der Waals surface area contributed by atoms with Crippen molar-refractivity contribution in [2.24, 2.45) is 0 Å². The molecule has 0 bridgehead atoms. The molecule has 1 atom stereocenters. The molecular formula is C18H20N2O. The lowest BCUT2D eigenvalue weighted by atomic mass is 10.0. The van der Waals surface area contributed by atoms with E-state index in [-0.39, 0.29) is 0 Å². The summed E-state index contributed by atoms with van der Waals surface area (Å²) in [6.45, 7) is 0. The van der Waals surface area contributed by atoms with Gasteiger partial charge >= 0.3 is 0 Å². The second-order valence-corrected chi connectivity index (χ2v) is 5.29. The Morgan fingerprint density at radius 1 is 1.05 bits per heavy atom. The molecular weight excluding hydrogens is 260 g/mol. The summed E-state index contributed by atoms with van der Waals surface area (Å²) in [7, 11) is 2.00. The van der Waals surface area contributed by atoms with Gasteiger partial charge in [-0.15, -0.1) is 0 Å². The van der Waals surface area contributed by atoms with E-state index < -0.39 is 0 Å². The van der Waals surface area contributed by atoms with E-state index in [1.54, 1.807) is 0 Å². The van der Waals surface area contributed by atoms with Crippen molar-refractivity contribution < 1.29 is 4.42 Å². The van der Waals surface area contributed by atoms with Crippen LogP contribution in [0.5, 0.6) is 0 Å². The third-order valence-corrected chi connectivity index (χ3v) is 3.79. The summed E-state index contributed by atoms with van der Waals surface area (Å²) in [4.78, 5) is 4.55. The highest BCUT2D eigenvalue weighted by Crippen LogP contribution is 2.17. The fraction of sp³-hybridized carbons (Fsp3) is 0.278. The van der Waals surface area contributed by atoms with Crippen LogP contribution in [0.4, 0.5) is 0 Å². The molecule has 3 aromatic rings. The highest BCUT2D eigenvalue weighted by molar-refractivity contribution is 5.72. The molecule has 0 radical (unpaired) electrons. The molecule has 2 aromatic carbocycles. The van der Waals surface area contributed by atoms with Gasteiger partial charge in [-0.1, -0.05) is 42.5 Å². The number of likely N-dealkylation sites (N-methyl/N-ethyl adjacent to an activating group) is 1. The number of hydrogen-bond acceptors (Lipinski definition) is 3. The molecule has 0 fully saturated rings. The van der Waals surface area contributed by atoms with E-state index in [9.17, 15) is 0 Å². The zero-order valence-electron chi connectivity index (χ0n) is 12.3. The van der Waals surface area contributed by atoms with Crippen LogP contribution in [0, 0.1) is 0 Å². The Morgan fingerprint density at radius 2 is 1.81 bits per heavy atom. The van der Waals surface area contributed by atoms with Crippen molar-refractivity contribution in [3.8, 4) is 0 Å². The number of nitrogens with zero attached hydrogens (tertiary/aromatic N) is 1. The molecule has 3 rings (SSSR count). The number of fused-ring (bicyclic) bond motifs is 1. The molecule has 0 aliphatic heterocycles. The van der Waals surface area contributed by atoms with Crippen LogP contribution in [0.1, 0.15) is 17.9 Å². The number of para-hydroxylation sites is 2. The predicted octanol–water partition coefficient (Wildman–Crippen LogP) is 3.59. The van der Waals surface area contributed by atoms with Gasteiger partial charge in [0.2, 0.25) is 0 Å². The molecule has 0 saturated heterocycles. The fourth-order valence-corrected chi connectivity index (χ4v) is 2.55. The second kappa shape index (κ2) is 6.55. The Bertz CT molecular complexity index is 658. The van der Waals surface area contributed by atoms with E-state index in [4.69, 9.17) is 4.42 Å². The average molecular weight is 280 g/mol. The van der Waals surface area contributed by atoms with Crippen molar-refractivity contribution in [2.75, 3.05) is 7.05 Å². The fourth-order valence-electron chi connectivity index (χ4n) is 2.55. The average Bonchev–Trinajstić information content (AvgIpc) is 2.94. The molecule has 1 unspecified atom stereocenters. The topological polar surface area (TPSA) is 38.1 Å². The van der Waals surface area contributed by atoms with Gasteiger partial charge in [-0.3, -0.25) is 0 Å². The SMILES string of the molecule is CNC(CCc1ccccc1)Cc1nc2ccccc2o1. The Balaban J connectivity index is 1.63. The first-order chi connectivity index (χ1) is 10.3. The van der Waals surface area contributed by atoms with Gasteiger partial charge in [0.25, 0.3) is 0 Å². The van der Waals surface area contributed by atoms with Crippen LogP contribution >= 0.6 is 0 Å². The van der Waals surface area contributed by atoms with Gasteiger partial charge in [-0.25, -0.2) is 4.98 Å². The lowest BCUT2D eigenvalue weighted by Crippen LogP contribution is -2.28. The number of benzene rings is 2. The minimum Gasteiger partial charge on any atom is -0.441 e. The summed E-state index contributed by atoms with van der Waals surface area (Å²) in [5.74, 6) is 0.809. The highest BCUT2D eigenvalue weighted by atomic mass is 16.3. The molecule has 21 heavy (non-hydrogen) atoms. The van der Waals surface area contributed by atoms with E-state index in [2.05, 4.69) is 40.6 Å². The largest absolute Gasteiger partial charge is 0.441 e. The van der Waals surface area contributed by atoms with E-state index in [0.717, 1.165) is 36.3 Å². The smallest absolute Gasteiger partial charge is 0.197 e. The first-order valence-corrected chi connectivity index (χ1v) is 7.41. The van der Waals surface area contributed by atoms with E-state index in [0.29, 0.717) is 6.04 Å². The van der Waals surface area contributed by atoms with Gasteiger partial charge in [-0.05, 0) is 37.6 Å². The second-order valence-electron chi connectivity index (χ2n) is 5.29. The lowest BCUT2D eigenvalue weighted by molar-refractivity contribution is 0.447. The summed E-state index contributed by atoms with van der Waals surface area (Å²) in [5.41, 5.74) is 3.17. The minimum absolute atomic E-state index is 0.373. The summed E-state index contributed by atoms with van der Waals surface area (Å²) in [6, 6.07) is 18.9. The maximum atomic E-state index is 5.80. The van der Waals surface area contributed by atoms with Crippen molar-refractivity contribution in [1.29, 1.82) is 0 Å². The van der Waals surface area contributed by atoms with Crippen LogP contribution in [0.3, 0.4) is 0 Å². The van der Waals surface area contributed by atoms with Crippen LogP contribution in [0.15, 0.2) is 59.0 Å². The molecule has 0 saturated carbocycles. The maximum Gasteiger partial charge on any atom is 0.197 e. The zero-order valence-corrected chi connectivity index (χ0v) is 12.3. The van der Waals surface area contributed by atoms with Gasteiger partial charge < -0.3 is 9.73 Å². The predicted molar refractivity (Wildman–Crippen MR) is 85.3 cm³/mol. The van der Waals surface area contributed by atoms with E-state index >= 15 is 0 Å². The Morgan fingerprint density at radius 3 is 2.57 bits per heavy atom. The zero-order chi connectivity index (χ0) is 14.5. The summed E-state index contributed by atoms with van der Waals surface area (Å²) in [6.07, 6.45) is 2.95. The lowest BCUT2D eigenvalue weighted by Gasteiger charge is -2.14. The van der Waals surface area contributed by atoms with Gasteiger partial charge in [0.15, 0.2) is 11.5 Å². The third kappa shape index (κ3) is 3.50. The normalized spacial score (nSPS) is 12.6. The molecule has 0 amide bonds. The van der Waals surface area contributed by atoms with Crippen molar-refractivity contribution in [1.82, 2.24) is 10.3 Å². The highest BCUT2D eigenvalue weighted by Gasteiger charge is 2.12. The van der Waals surface area contributed by atoms with E-state index in [1.807, 2.05) is 31.3 Å². The Hall–Kier alpha value is -2.13. The molecule has 0 spiro atoms. The van der Waals surface area contributed by atoms with Crippen molar-refractivity contribution in [3.63, 3.8) is 0 Å². The van der Waals surface area contributed by atoms with E-state index in [1.165, 1.54) is 5.56 Å². The van der Waals surface area contributed by atoms with Crippen molar-refractivity contribution in [2.45, 2.75) is 25.3 Å². The molecule has 0 aliphatic rings. The van der Waals surface area contributed by atoms with Gasteiger partial charge in [0.05, 0.1) is 0 Å². The first kappa shape index (κ1) is 13.8. The molecule has 1 heterocycles.